The Bertz CT molecular complexity index is 831. The van der Waals surface area contributed by atoms with E-state index in [4.69, 9.17) is 4.74 Å². The Labute approximate surface area is 144 Å². The minimum atomic E-state index is -0.236. The molecule has 0 aliphatic carbocycles. The van der Waals surface area contributed by atoms with E-state index >= 15 is 0 Å². The van der Waals surface area contributed by atoms with Gasteiger partial charge >= 0.3 is 0 Å². The van der Waals surface area contributed by atoms with Crippen molar-refractivity contribution in [1.29, 1.82) is 0 Å². The molecule has 0 saturated heterocycles. The van der Waals surface area contributed by atoms with Crippen LogP contribution in [0.2, 0.25) is 0 Å². The van der Waals surface area contributed by atoms with Gasteiger partial charge in [0.05, 0.1) is 0 Å². The van der Waals surface area contributed by atoms with Gasteiger partial charge in [0, 0.05) is 11.5 Å². The van der Waals surface area contributed by atoms with Crippen LogP contribution < -0.4 is 10.1 Å². The number of ether oxygens (including phenoxy) is 1. The molecule has 2 aromatic carbocycles. The summed E-state index contributed by atoms with van der Waals surface area (Å²) in [5, 5.41) is 12.2. The topological polar surface area (TPSA) is 64.1 Å². The van der Waals surface area contributed by atoms with Crippen molar-refractivity contribution in [2.75, 3.05) is 5.32 Å². The van der Waals surface area contributed by atoms with E-state index in [-0.39, 0.29) is 11.8 Å². The Kier molecular flexibility index (Phi) is 4.86. The van der Waals surface area contributed by atoms with E-state index < -0.39 is 0 Å². The number of nitrogens with zero attached hydrogens (tertiary/aromatic N) is 2. The quantitative estimate of drug-likeness (QED) is 0.731. The summed E-state index contributed by atoms with van der Waals surface area (Å²) in [5.41, 5.74) is 0.504. The van der Waals surface area contributed by atoms with Gasteiger partial charge in [-0.15, -0.1) is 10.2 Å². The average Bonchev–Trinajstić information content (AvgIpc) is 3.05. The third-order valence-electron chi connectivity index (χ3n) is 3.23. The van der Waals surface area contributed by atoms with Crippen LogP contribution in [0.15, 0.2) is 54.6 Å². The number of rotatable bonds is 5. The summed E-state index contributed by atoms with van der Waals surface area (Å²) in [6.07, 6.45) is 0. The molecule has 0 atom stereocenters. The average molecular weight is 339 g/mol. The minimum absolute atomic E-state index is 0.236. The lowest BCUT2D eigenvalue weighted by Gasteiger charge is -2.07. The van der Waals surface area contributed by atoms with Gasteiger partial charge in [0.1, 0.15) is 16.5 Å². The fraction of sp³-hybridized carbons (Fsp3) is 0.167. The first-order valence-electron chi connectivity index (χ1n) is 7.59. The molecule has 0 fully saturated rings. The fourth-order valence-electron chi connectivity index (χ4n) is 2.01. The zero-order valence-electron chi connectivity index (χ0n) is 13.4. The molecule has 1 heterocycles. The molecule has 0 aliphatic heterocycles. The van der Waals surface area contributed by atoms with Crippen LogP contribution in [0.1, 0.15) is 35.1 Å². The number of hydrogen-bond donors (Lipinski definition) is 1. The summed E-state index contributed by atoms with van der Waals surface area (Å²) in [7, 11) is 0. The number of nitrogens with one attached hydrogen (secondary N) is 1. The molecule has 3 rings (SSSR count). The van der Waals surface area contributed by atoms with Crippen molar-refractivity contribution >= 4 is 22.4 Å². The second-order valence-electron chi connectivity index (χ2n) is 5.50. The molecule has 1 aromatic heterocycles. The van der Waals surface area contributed by atoms with Gasteiger partial charge in [-0.1, -0.05) is 49.4 Å². The lowest BCUT2D eigenvalue weighted by Crippen LogP contribution is -2.11. The van der Waals surface area contributed by atoms with Gasteiger partial charge in [0.25, 0.3) is 5.91 Å². The van der Waals surface area contributed by atoms with Gasteiger partial charge in [-0.2, -0.15) is 0 Å². The Morgan fingerprint density at radius 2 is 1.79 bits per heavy atom. The van der Waals surface area contributed by atoms with E-state index in [1.54, 1.807) is 18.2 Å². The minimum Gasteiger partial charge on any atom is -0.457 e. The van der Waals surface area contributed by atoms with Gasteiger partial charge in [0.15, 0.2) is 0 Å². The highest BCUT2D eigenvalue weighted by molar-refractivity contribution is 7.15. The maximum atomic E-state index is 12.4. The standard InChI is InChI=1S/C18H17N3O2S/c1-12(2)17-20-21-18(24-17)19-16(22)13-7-6-10-15(11-13)23-14-8-4-3-5-9-14/h3-12H,1-2H3,(H,19,21,22). The summed E-state index contributed by atoms with van der Waals surface area (Å²) >= 11 is 1.39. The van der Waals surface area contributed by atoms with Gasteiger partial charge in [-0.05, 0) is 30.3 Å². The van der Waals surface area contributed by atoms with E-state index in [9.17, 15) is 4.79 Å². The predicted molar refractivity (Wildman–Crippen MR) is 94.9 cm³/mol. The molecule has 5 nitrogen and oxygen atoms in total. The van der Waals surface area contributed by atoms with Crippen LogP contribution in [-0.2, 0) is 0 Å². The summed E-state index contributed by atoms with van der Waals surface area (Å²) in [5.74, 6) is 1.38. The second kappa shape index (κ2) is 7.23. The number of carbonyl (C=O) groups is 1. The summed E-state index contributed by atoms with van der Waals surface area (Å²) in [6.45, 7) is 4.08. The summed E-state index contributed by atoms with van der Waals surface area (Å²) in [6, 6.07) is 16.5. The maximum Gasteiger partial charge on any atom is 0.257 e. The first-order valence-corrected chi connectivity index (χ1v) is 8.41. The van der Waals surface area contributed by atoms with Crippen LogP contribution >= 0.6 is 11.3 Å². The third kappa shape index (κ3) is 3.97. The lowest BCUT2D eigenvalue weighted by atomic mass is 10.2. The fourth-order valence-corrected chi connectivity index (χ4v) is 2.75. The van der Waals surface area contributed by atoms with Crippen molar-refractivity contribution in [1.82, 2.24) is 10.2 Å². The third-order valence-corrected chi connectivity index (χ3v) is 4.37. The number of para-hydroxylation sites is 1. The first kappa shape index (κ1) is 16.1. The van der Waals surface area contributed by atoms with Gasteiger partial charge in [0.2, 0.25) is 5.13 Å². The zero-order chi connectivity index (χ0) is 16.9. The molecule has 0 saturated carbocycles. The van der Waals surface area contributed by atoms with Gasteiger partial charge in [-0.25, -0.2) is 0 Å². The van der Waals surface area contributed by atoms with Crippen LogP contribution in [0.5, 0.6) is 11.5 Å². The van der Waals surface area contributed by atoms with Crippen LogP contribution in [0.3, 0.4) is 0 Å². The van der Waals surface area contributed by atoms with Crippen molar-refractivity contribution in [3.63, 3.8) is 0 Å². The summed E-state index contributed by atoms with van der Waals surface area (Å²) < 4.78 is 5.75. The highest BCUT2D eigenvalue weighted by Gasteiger charge is 2.12. The van der Waals surface area contributed by atoms with Crippen molar-refractivity contribution in [3.8, 4) is 11.5 Å². The molecule has 3 aromatic rings. The number of carbonyl (C=O) groups excluding carboxylic acids is 1. The zero-order valence-corrected chi connectivity index (χ0v) is 14.2. The van der Waals surface area contributed by atoms with Crippen LogP contribution in [0, 0.1) is 0 Å². The normalized spacial score (nSPS) is 10.6. The van der Waals surface area contributed by atoms with Crippen LogP contribution in [0.25, 0.3) is 0 Å². The Morgan fingerprint density at radius 3 is 2.50 bits per heavy atom. The molecule has 0 aliphatic rings. The smallest absolute Gasteiger partial charge is 0.257 e. The van der Waals surface area contributed by atoms with E-state index in [1.807, 2.05) is 50.2 Å². The van der Waals surface area contributed by atoms with Crippen LogP contribution in [0.4, 0.5) is 5.13 Å². The number of anilines is 1. The SMILES string of the molecule is CC(C)c1nnc(NC(=O)c2cccc(Oc3ccccc3)c2)s1. The molecule has 0 spiro atoms. The predicted octanol–water partition coefficient (Wildman–Crippen LogP) is 4.71. The van der Waals surface area contributed by atoms with Crippen molar-refractivity contribution < 1.29 is 9.53 Å². The van der Waals surface area contributed by atoms with E-state index in [0.717, 1.165) is 10.8 Å². The molecule has 0 unspecified atom stereocenters. The number of benzene rings is 2. The second-order valence-corrected chi connectivity index (χ2v) is 6.51. The van der Waals surface area contributed by atoms with Gasteiger partial charge in [-0.3, -0.25) is 10.1 Å². The van der Waals surface area contributed by atoms with Crippen molar-refractivity contribution in [2.45, 2.75) is 19.8 Å². The molecule has 24 heavy (non-hydrogen) atoms. The van der Waals surface area contributed by atoms with Gasteiger partial charge < -0.3 is 4.74 Å². The summed E-state index contributed by atoms with van der Waals surface area (Å²) in [4.78, 5) is 12.4. The molecular formula is C18H17N3O2S. The van der Waals surface area contributed by atoms with Crippen molar-refractivity contribution in [3.05, 3.63) is 65.2 Å². The first-order chi connectivity index (χ1) is 11.6. The highest BCUT2D eigenvalue weighted by atomic mass is 32.1. The molecule has 0 radical (unpaired) electrons. The largest absolute Gasteiger partial charge is 0.457 e. The number of amides is 1. The molecule has 0 bridgehead atoms. The monoisotopic (exact) mass is 339 g/mol. The van der Waals surface area contributed by atoms with E-state index in [2.05, 4.69) is 15.5 Å². The molecule has 122 valence electrons. The molecule has 1 N–H and O–H groups in total. The Morgan fingerprint density at radius 1 is 1.04 bits per heavy atom. The Hall–Kier alpha value is -2.73. The molecule has 1 amide bonds. The highest BCUT2D eigenvalue weighted by Crippen LogP contribution is 2.24. The van der Waals surface area contributed by atoms with E-state index in [1.165, 1.54) is 11.3 Å². The lowest BCUT2D eigenvalue weighted by molar-refractivity contribution is 0.102. The number of aromatic nitrogens is 2. The molecular weight excluding hydrogens is 322 g/mol. The molecule has 6 heteroatoms. The maximum absolute atomic E-state index is 12.4. The van der Waals surface area contributed by atoms with Crippen LogP contribution in [-0.4, -0.2) is 16.1 Å². The Balaban J connectivity index is 1.71. The number of hydrogen-bond acceptors (Lipinski definition) is 5. The van der Waals surface area contributed by atoms with Crippen molar-refractivity contribution in [2.24, 2.45) is 0 Å². The van der Waals surface area contributed by atoms with E-state index in [0.29, 0.717) is 16.4 Å².